The summed E-state index contributed by atoms with van der Waals surface area (Å²) in [6.07, 6.45) is -0.101. The molecule has 1 amide bonds. The van der Waals surface area contributed by atoms with Crippen molar-refractivity contribution in [3.63, 3.8) is 0 Å². The van der Waals surface area contributed by atoms with Gasteiger partial charge in [-0.2, -0.15) is 0 Å². The monoisotopic (exact) mass is 173 g/mol. The third-order valence-corrected chi connectivity index (χ3v) is 1.77. The molecule has 0 saturated carbocycles. The van der Waals surface area contributed by atoms with Crippen molar-refractivity contribution >= 4 is 6.09 Å². The number of carbonyl (C=O) groups is 1. The first kappa shape index (κ1) is 9.32. The van der Waals surface area contributed by atoms with Crippen LogP contribution in [0.25, 0.3) is 0 Å². The quantitative estimate of drug-likeness (QED) is 0.590. The summed E-state index contributed by atoms with van der Waals surface area (Å²) in [6, 6.07) is 0. The lowest BCUT2D eigenvalue weighted by Crippen LogP contribution is -2.44. The van der Waals surface area contributed by atoms with Crippen molar-refractivity contribution < 1.29 is 14.3 Å². The highest BCUT2D eigenvalue weighted by Crippen LogP contribution is 2.05. The number of carbonyl (C=O) groups excluding carboxylic acids is 1. The molecule has 0 aromatic carbocycles. The maximum Gasteiger partial charge on any atom is 0.409 e. The minimum absolute atomic E-state index is 0.128. The molecule has 1 fully saturated rings. The van der Waals surface area contributed by atoms with Crippen LogP contribution in [0.1, 0.15) is 13.8 Å². The highest BCUT2D eigenvalue weighted by atomic mass is 16.6. The Morgan fingerprint density at radius 1 is 1.75 bits per heavy atom. The first-order chi connectivity index (χ1) is 5.74. The molecule has 0 aliphatic carbocycles. The van der Waals surface area contributed by atoms with Gasteiger partial charge in [-0.15, -0.1) is 0 Å². The molecule has 1 saturated heterocycles. The van der Waals surface area contributed by atoms with Gasteiger partial charge in [0.25, 0.3) is 0 Å². The van der Waals surface area contributed by atoms with Gasteiger partial charge in [0.2, 0.25) is 0 Å². The summed E-state index contributed by atoms with van der Waals surface area (Å²) in [5.74, 6) is 0. The number of nitrogens with zero attached hydrogens (tertiary/aromatic N) is 1. The summed E-state index contributed by atoms with van der Waals surface area (Å²) in [5, 5.41) is 0. The molecular formula is C8H15NO3. The van der Waals surface area contributed by atoms with Crippen LogP contribution in [0.4, 0.5) is 4.79 Å². The Bertz CT molecular complexity index is 160. The Balaban J connectivity index is 2.35. The Kier molecular flexibility index (Phi) is 3.34. The van der Waals surface area contributed by atoms with E-state index in [2.05, 4.69) is 0 Å². The van der Waals surface area contributed by atoms with Crippen molar-refractivity contribution in [3.05, 3.63) is 0 Å². The van der Waals surface area contributed by atoms with Crippen LogP contribution in [0, 0.1) is 0 Å². The second kappa shape index (κ2) is 4.30. The van der Waals surface area contributed by atoms with Crippen LogP contribution < -0.4 is 0 Å². The van der Waals surface area contributed by atoms with Gasteiger partial charge in [-0.3, -0.25) is 0 Å². The lowest BCUT2D eigenvalue weighted by molar-refractivity contribution is -0.0174. The Hall–Kier alpha value is -0.770. The first-order valence-electron chi connectivity index (χ1n) is 4.27. The smallest absolute Gasteiger partial charge is 0.409 e. The standard InChI is InChI=1S/C8H15NO3/c1-3-11-8(10)9-4-5-12-7(2)6-9/h7H,3-6H2,1-2H3. The highest BCUT2D eigenvalue weighted by molar-refractivity contribution is 5.67. The van der Waals surface area contributed by atoms with Gasteiger partial charge in [-0.1, -0.05) is 0 Å². The minimum Gasteiger partial charge on any atom is -0.450 e. The molecule has 0 N–H and O–H groups in total. The van der Waals surface area contributed by atoms with Crippen LogP contribution in [-0.2, 0) is 9.47 Å². The predicted octanol–water partition coefficient (Wildman–Crippen LogP) is 0.864. The van der Waals surface area contributed by atoms with E-state index < -0.39 is 0 Å². The molecule has 4 heteroatoms. The zero-order valence-electron chi connectivity index (χ0n) is 7.58. The zero-order valence-corrected chi connectivity index (χ0v) is 7.58. The van der Waals surface area contributed by atoms with E-state index in [4.69, 9.17) is 9.47 Å². The fourth-order valence-corrected chi connectivity index (χ4v) is 1.20. The summed E-state index contributed by atoms with van der Waals surface area (Å²) >= 11 is 0. The SMILES string of the molecule is CCOC(=O)N1CCOC(C)C1. The summed E-state index contributed by atoms with van der Waals surface area (Å²) < 4.78 is 10.1. The van der Waals surface area contributed by atoms with E-state index in [1.54, 1.807) is 4.90 Å². The second-order valence-electron chi connectivity index (χ2n) is 2.83. The fourth-order valence-electron chi connectivity index (χ4n) is 1.20. The maximum atomic E-state index is 11.2. The fraction of sp³-hybridized carbons (Fsp3) is 0.875. The van der Waals surface area contributed by atoms with Crippen LogP contribution >= 0.6 is 0 Å². The average Bonchev–Trinajstić information content (AvgIpc) is 2.05. The molecule has 70 valence electrons. The molecule has 1 aliphatic rings. The first-order valence-corrected chi connectivity index (χ1v) is 4.27. The van der Waals surface area contributed by atoms with Crippen molar-refractivity contribution in [3.8, 4) is 0 Å². The van der Waals surface area contributed by atoms with Crippen LogP contribution in [0.15, 0.2) is 0 Å². The van der Waals surface area contributed by atoms with Gasteiger partial charge in [0.05, 0.1) is 25.9 Å². The molecule has 1 unspecified atom stereocenters. The predicted molar refractivity (Wildman–Crippen MR) is 44.0 cm³/mol. The zero-order chi connectivity index (χ0) is 8.97. The van der Waals surface area contributed by atoms with Crippen LogP contribution in [0.3, 0.4) is 0 Å². The number of rotatable bonds is 1. The number of amides is 1. The normalized spacial score (nSPS) is 23.8. The van der Waals surface area contributed by atoms with Crippen molar-refractivity contribution in [1.29, 1.82) is 0 Å². The minimum atomic E-state index is -0.229. The Labute approximate surface area is 72.4 Å². The Morgan fingerprint density at radius 3 is 3.08 bits per heavy atom. The van der Waals surface area contributed by atoms with Gasteiger partial charge in [0.15, 0.2) is 0 Å². The molecule has 0 aromatic rings. The summed E-state index contributed by atoms with van der Waals surface area (Å²) in [7, 11) is 0. The number of morpholine rings is 1. The van der Waals surface area contributed by atoms with Gasteiger partial charge < -0.3 is 14.4 Å². The lowest BCUT2D eigenvalue weighted by atomic mass is 10.3. The van der Waals surface area contributed by atoms with Crippen LogP contribution in [0.2, 0.25) is 0 Å². The highest BCUT2D eigenvalue weighted by Gasteiger charge is 2.21. The number of hydrogen-bond donors (Lipinski definition) is 0. The molecule has 0 spiro atoms. The van der Waals surface area contributed by atoms with Gasteiger partial charge in [0, 0.05) is 6.54 Å². The van der Waals surface area contributed by atoms with Crippen LogP contribution in [0.5, 0.6) is 0 Å². The van der Waals surface area contributed by atoms with E-state index in [1.165, 1.54) is 0 Å². The molecule has 1 rings (SSSR count). The average molecular weight is 173 g/mol. The van der Waals surface area contributed by atoms with Gasteiger partial charge in [0.1, 0.15) is 0 Å². The van der Waals surface area contributed by atoms with Gasteiger partial charge in [-0.05, 0) is 13.8 Å². The molecule has 0 bridgehead atoms. The topological polar surface area (TPSA) is 38.8 Å². The summed E-state index contributed by atoms with van der Waals surface area (Å²) in [5.41, 5.74) is 0. The molecular weight excluding hydrogens is 158 g/mol. The Morgan fingerprint density at radius 2 is 2.50 bits per heavy atom. The lowest BCUT2D eigenvalue weighted by Gasteiger charge is -2.30. The van der Waals surface area contributed by atoms with E-state index in [0.29, 0.717) is 26.3 Å². The summed E-state index contributed by atoms with van der Waals surface area (Å²) in [4.78, 5) is 12.9. The van der Waals surface area contributed by atoms with Crippen molar-refractivity contribution in [2.75, 3.05) is 26.3 Å². The van der Waals surface area contributed by atoms with E-state index in [0.717, 1.165) is 0 Å². The summed E-state index contributed by atoms with van der Waals surface area (Å²) in [6.45, 7) is 6.08. The molecule has 1 atom stereocenters. The van der Waals surface area contributed by atoms with Crippen molar-refractivity contribution in [2.45, 2.75) is 20.0 Å². The molecule has 1 aliphatic heterocycles. The van der Waals surface area contributed by atoms with E-state index in [1.807, 2.05) is 13.8 Å². The number of hydrogen-bond acceptors (Lipinski definition) is 3. The molecule has 0 radical (unpaired) electrons. The third kappa shape index (κ3) is 2.37. The van der Waals surface area contributed by atoms with E-state index >= 15 is 0 Å². The maximum absolute atomic E-state index is 11.2. The van der Waals surface area contributed by atoms with Gasteiger partial charge in [-0.25, -0.2) is 4.79 Å². The van der Waals surface area contributed by atoms with E-state index in [9.17, 15) is 4.79 Å². The van der Waals surface area contributed by atoms with Gasteiger partial charge >= 0.3 is 6.09 Å². The molecule has 0 aromatic heterocycles. The third-order valence-electron chi connectivity index (χ3n) is 1.77. The number of ether oxygens (including phenoxy) is 2. The van der Waals surface area contributed by atoms with Crippen molar-refractivity contribution in [1.82, 2.24) is 4.90 Å². The van der Waals surface area contributed by atoms with Crippen molar-refractivity contribution in [2.24, 2.45) is 0 Å². The molecule has 1 heterocycles. The van der Waals surface area contributed by atoms with E-state index in [-0.39, 0.29) is 12.2 Å². The molecule has 4 nitrogen and oxygen atoms in total. The second-order valence-corrected chi connectivity index (χ2v) is 2.83. The molecule has 12 heavy (non-hydrogen) atoms. The van der Waals surface area contributed by atoms with Crippen LogP contribution in [-0.4, -0.2) is 43.4 Å². The largest absolute Gasteiger partial charge is 0.450 e.